The molecule has 0 fully saturated rings. The molecule has 0 aliphatic heterocycles. The third kappa shape index (κ3) is 4.30. The topological polar surface area (TPSA) is 97.0 Å². The Morgan fingerprint density at radius 3 is 2.56 bits per heavy atom. The van der Waals surface area contributed by atoms with Crippen LogP contribution in [0.3, 0.4) is 0 Å². The minimum absolute atomic E-state index is 0.127. The number of nitrogens with one attached hydrogen (secondary N) is 2. The number of carbonyl (C=O) groups is 1. The lowest BCUT2D eigenvalue weighted by Gasteiger charge is -2.19. The lowest BCUT2D eigenvalue weighted by atomic mass is 10.2. The van der Waals surface area contributed by atoms with Crippen molar-refractivity contribution in [1.82, 2.24) is 20.3 Å². The molecule has 0 aliphatic rings. The van der Waals surface area contributed by atoms with E-state index < -0.39 is 13.3 Å². The van der Waals surface area contributed by atoms with Gasteiger partial charge in [0.15, 0.2) is 0 Å². The van der Waals surface area contributed by atoms with Gasteiger partial charge in [0, 0.05) is 57.9 Å². The van der Waals surface area contributed by atoms with Gasteiger partial charge in [0.05, 0.1) is 5.30 Å². The summed E-state index contributed by atoms with van der Waals surface area (Å²) in [4.78, 5) is 24.2. The molecule has 7 nitrogen and oxygen atoms in total. The van der Waals surface area contributed by atoms with E-state index in [0.717, 1.165) is 11.1 Å². The van der Waals surface area contributed by atoms with Gasteiger partial charge >= 0.3 is 0 Å². The van der Waals surface area contributed by atoms with E-state index in [4.69, 9.17) is 27.7 Å². The minimum atomic E-state index is -3.72. The van der Waals surface area contributed by atoms with Crippen molar-refractivity contribution in [2.75, 3.05) is 7.11 Å². The molecule has 32 heavy (non-hydrogen) atoms. The Bertz CT molecular complexity index is 1340. The van der Waals surface area contributed by atoms with Crippen molar-refractivity contribution in [2.45, 2.75) is 13.5 Å². The number of nitrogens with zero attached hydrogens (tertiary/aromatic N) is 2. The van der Waals surface area contributed by atoms with Crippen LogP contribution in [-0.2, 0) is 15.6 Å². The van der Waals surface area contributed by atoms with Crippen molar-refractivity contribution in [1.29, 1.82) is 0 Å². The van der Waals surface area contributed by atoms with Gasteiger partial charge in [-0.1, -0.05) is 23.2 Å². The van der Waals surface area contributed by atoms with Gasteiger partial charge in [-0.25, -0.2) is 9.97 Å². The van der Waals surface area contributed by atoms with Gasteiger partial charge in [-0.15, -0.1) is 0 Å². The highest BCUT2D eigenvalue weighted by molar-refractivity contribution is 7.75. The second kappa shape index (κ2) is 9.04. The molecule has 0 saturated heterocycles. The fraction of sp³-hybridized carbons (Fsp3) is 0.136. The van der Waals surface area contributed by atoms with Crippen LogP contribution in [0.4, 0.5) is 0 Å². The van der Waals surface area contributed by atoms with E-state index in [2.05, 4.69) is 20.3 Å². The third-order valence-corrected chi connectivity index (χ3v) is 7.90. The number of hydrogen-bond acceptors (Lipinski definition) is 5. The molecule has 1 atom stereocenters. The average molecular weight is 489 g/mol. The number of rotatable bonds is 6. The van der Waals surface area contributed by atoms with Crippen LogP contribution in [0.2, 0.25) is 10.0 Å². The smallest absolute Gasteiger partial charge is 0.268 e. The van der Waals surface area contributed by atoms with Crippen LogP contribution in [-0.4, -0.2) is 28.0 Å². The Kier molecular flexibility index (Phi) is 6.35. The first-order valence-corrected chi connectivity index (χ1v) is 12.0. The van der Waals surface area contributed by atoms with Crippen LogP contribution in [0.15, 0.2) is 55.1 Å². The number of aromatic nitrogens is 3. The largest absolute Gasteiger partial charge is 0.350 e. The molecule has 0 saturated carbocycles. The number of hydrogen-bond donors (Lipinski definition) is 2. The van der Waals surface area contributed by atoms with Gasteiger partial charge in [0.1, 0.15) is 12.0 Å². The molecular weight excluding hydrogens is 470 g/mol. The number of aryl methyl sites for hydroxylation is 1. The van der Waals surface area contributed by atoms with Crippen LogP contribution in [0.25, 0.3) is 10.9 Å². The fourth-order valence-corrected chi connectivity index (χ4v) is 6.35. The van der Waals surface area contributed by atoms with E-state index in [9.17, 15) is 9.36 Å². The number of halogens is 2. The van der Waals surface area contributed by atoms with Crippen LogP contribution in [0.5, 0.6) is 0 Å². The molecule has 4 rings (SSSR count). The van der Waals surface area contributed by atoms with Crippen molar-refractivity contribution in [3.63, 3.8) is 0 Å². The summed E-state index contributed by atoms with van der Waals surface area (Å²) < 4.78 is 19.9. The standard InChI is InChI=1S/C22H19Cl2N4O3P/c1-13-5-16(24)7-17(6-13)32(30,31-2)21-18-8-15(23)3-4-19(18)28-20(21)22(29)27-11-14-9-25-12-26-10-14/h3-10,12,28H,11H2,1-2H3,(H,27,29). The van der Waals surface area contributed by atoms with E-state index in [-0.39, 0.29) is 17.5 Å². The Morgan fingerprint density at radius 2 is 1.88 bits per heavy atom. The van der Waals surface area contributed by atoms with E-state index in [1.807, 2.05) is 6.92 Å². The molecule has 0 spiro atoms. The van der Waals surface area contributed by atoms with Crippen molar-refractivity contribution in [3.8, 4) is 0 Å². The Morgan fingerprint density at radius 1 is 1.12 bits per heavy atom. The zero-order chi connectivity index (χ0) is 22.9. The molecule has 2 heterocycles. The molecule has 2 N–H and O–H groups in total. The predicted octanol–water partition coefficient (Wildman–Crippen LogP) is 4.38. The van der Waals surface area contributed by atoms with Crippen molar-refractivity contribution < 1.29 is 13.9 Å². The number of carbonyl (C=O) groups excluding carboxylic acids is 1. The lowest BCUT2D eigenvalue weighted by molar-refractivity contribution is 0.0947. The van der Waals surface area contributed by atoms with Gasteiger partial charge in [0.25, 0.3) is 13.3 Å². The van der Waals surface area contributed by atoms with E-state index >= 15 is 0 Å². The fourth-order valence-electron chi connectivity index (χ4n) is 3.52. The summed E-state index contributed by atoms with van der Waals surface area (Å²) in [6.07, 6.45) is 4.62. The number of benzene rings is 2. The summed E-state index contributed by atoms with van der Waals surface area (Å²) in [5, 5.41) is 4.84. The monoisotopic (exact) mass is 488 g/mol. The number of aromatic amines is 1. The summed E-state index contributed by atoms with van der Waals surface area (Å²) in [7, 11) is -2.37. The molecule has 2 aromatic carbocycles. The van der Waals surface area contributed by atoms with Gasteiger partial charge in [-0.05, 0) is 48.9 Å². The maximum Gasteiger partial charge on any atom is 0.268 e. The highest BCUT2D eigenvalue weighted by atomic mass is 35.5. The number of amides is 1. The molecule has 10 heteroatoms. The second-order valence-corrected chi connectivity index (χ2v) is 10.5. The predicted molar refractivity (Wildman–Crippen MR) is 127 cm³/mol. The van der Waals surface area contributed by atoms with E-state index in [0.29, 0.717) is 26.3 Å². The summed E-state index contributed by atoms with van der Waals surface area (Å²) in [6, 6.07) is 10.2. The Labute approximate surface area is 194 Å². The Hall–Kier alpha value is -2.70. The third-order valence-electron chi connectivity index (χ3n) is 4.95. The summed E-state index contributed by atoms with van der Waals surface area (Å²) >= 11 is 12.5. The average Bonchev–Trinajstić information content (AvgIpc) is 3.16. The molecule has 164 valence electrons. The highest BCUT2D eigenvalue weighted by Gasteiger charge is 2.36. The summed E-state index contributed by atoms with van der Waals surface area (Å²) in [6.45, 7) is 2.04. The van der Waals surface area contributed by atoms with Gasteiger partial charge < -0.3 is 14.8 Å². The summed E-state index contributed by atoms with van der Waals surface area (Å²) in [5.74, 6) is -0.452. The SMILES string of the molecule is COP(=O)(c1cc(C)cc(Cl)c1)c1c(C(=O)NCc2cncnc2)[nH]c2ccc(Cl)cc12. The van der Waals surface area contributed by atoms with E-state index in [1.54, 1.807) is 48.8 Å². The van der Waals surface area contributed by atoms with Crippen LogP contribution < -0.4 is 15.9 Å². The maximum atomic E-state index is 14.3. The Balaban J connectivity index is 1.87. The molecule has 1 unspecified atom stereocenters. The zero-order valence-corrected chi connectivity index (χ0v) is 19.6. The molecule has 2 aromatic heterocycles. The minimum Gasteiger partial charge on any atom is -0.350 e. The first kappa shape index (κ1) is 22.5. The quantitative estimate of drug-likeness (QED) is 0.392. The second-order valence-electron chi connectivity index (χ2n) is 7.19. The molecule has 0 bridgehead atoms. The van der Waals surface area contributed by atoms with E-state index in [1.165, 1.54) is 13.4 Å². The summed E-state index contributed by atoms with van der Waals surface area (Å²) in [5.41, 5.74) is 2.27. The maximum absolute atomic E-state index is 14.3. The molecule has 0 aliphatic carbocycles. The zero-order valence-electron chi connectivity index (χ0n) is 17.2. The highest BCUT2D eigenvalue weighted by Crippen LogP contribution is 2.47. The van der Waals surface area contributed by atoms with Crippen molar-refractivity contribution in [3.05, 3.63) is 82.0 Å². The molecule has 0 radical (unpaired) electrons. The molecular formula is C22H19Cl2N4O3P. The molecule has 1 amide bonds. The van der Waals surface area contributed by atoms with Crippen molar-refractivity contribution in [2.24, 2.45) is 0 Å². The first-order chi connectivity index (χ1) is 15.3. The lowest BCUT2D eigenvalue weighted by Crippen LogP contribution is -2.30. The van der Waals surface area contributed by atoms with Crippen LogP contribution in [0.1, 0.15) is 21.6 Å². The normalized spacial score (nSPS) is 13.1. The van der Waals surface area contributed by atoms with Gasteiger partial charge in [-0.2, -0.15) is 0 Å². The molecule has 4 aromatic rings. The van der Waals surface area contributed by atoms with Crippen LogP contribution in [0, 0.1) is 6.92 Å². The number of H-pyrrole nitrogens is 1. The first-order valence-electron chi connectivity index (χ1n) is 9.59. The van der Waals surface area contributed by atoms with Gasteiger partial charge in [-0.3, -0.25) is 9.36 Å². The van der Waals surface area contributed by atoms with Gasteiger partial charge in [0.2, 0.25) is 0 Å². The van der Waals surface area contributed by atoms with Crippen molar-refractivity contribution >= 4 is 58.0 Å². The van der Waals surface area contributed by atoms with Crippen LogP contribution >= 0.6 is 30.6 Å². The number of fused-ring (bicyclic) bond motifs is 1.